The van der Waals surface area contributed by atoms with Crippen LogP contribution in [0, 0.1) is 0 Å². The minimum Gasteiger partial charge on any atom is -0.465 e. The summed E-state index contributed by atoms with van der Waals surface area (Å²) < 4.78 is 21.0. The summed E-state index contributed by atoms with van der Waals surface area (Å²) in [4.78, 5) is 58.5. The normalized spacial score (nSPS) is 25.8. The van der Waals surface area contributed by atoms with E-state index in [2.05, 4.69) is 5.32 Å². The molecule has 1 heterocycles. The number of allylic oxidation sites excluding steroid dienone is 1. The van der Waals surface area contributed by atoms with Crippen molar-refractivity contribution in [3.63, 3.8) is 0 Å². The number of carbonyl (C=O) groups excluding carboxylic acids is 5. The quantitative estimate of drug-likeness (QED) is 0.236. The number of nitrogens with one attached hydrogen (secondary N) is 1. The Kier molecular flexibility index (Phi) is 10.7. The van der Waals surface area contributed by atoms with Crippen LogP contribution in [0.15, 0.2) is 12.2 Å². The van der Waals surface area contributed by atoms with E-state index >= 15 is 0 Å². The Bertz CT molecular complexity index is 699. The molecule has 1 N–H and O–H groups in total. The van der Waals surface area contributed by atoms with Gasteiger partial charge in [-0.3, -0.25) is 24.0 Å². The van der Waals surface area contributed by atoms with E-state index in [4.69, 9.17) is 30.5 Å². The van der Waals surface area contributed by atoms with Crippen LogP contribution in [0.25, 0.3) is 0 Å². The van der Waals surface area contributed by atoms with Gasteiger partial charge in [-0.05, 0) is 0 Å². The molecule has 1 amide bonds. The predicted molar refractivity (Wildman–Crippen MR) is 106 cm³/mol. The first-order chi connectivity index (χ1) is 14.0. The maximum Gasteiger partial charge on any atom is 0.303 e. The molecule has 0 spiro atoms. The number of halogens is 1. The lowest BCUT2D eigenvalue weighted by molar-refractivity contribution is -0.175. The Morgan fingerprint density at radius 3 is 1.97 bits per heavy atom. The summed E-state index contributed by atoms with van der Waals surface area (Å²) >= 11 is 6.54. The second-order valence-corrected chi connectivity index (χ2v) is 7.84. The van der Waals surface area contributed by atoms with Crippen molar-refractivity contribution in [2.24, 2.45) is 0 Å². The van der Waals surface area contributed by atoms with Gasteiger partial charge in [-0.2, -0.15) is 0 Å². The molecular formula is C18H24ClNO9S. The van der Waals surface area contributed by atoms with Crippen LogP contribution in [-0.4, -0.2) is 71.2 Å². The molecule has 0 aliphatic carbocycles. The van der Waals surface area contributed by atoms with Gasteiger partial charge in [0.2, 0.25) is 5.91 Å². The lowest BCUT2D eigenvalue weighted by Gasteiger charge is -2.44. The molecule has 1 rings (SSSR count). The number of ether oxygens (including phenoxy) is 4. The van der Waals surface area contributed by atoms with Crippen molar-refractivity contribution in [2.75, 3.05) is 12.5 Å². The van der Waals surface area contributed by atoms with Gasteiger partial charge in [-0.1, -0.05) is 6.08 Å². The van der Waals surface area contributed by atoms with Gasteiger partial charge in [0, 0.05) is 39.7 Å². The molecular weight excluding hydrogens is 442 g/mol. The van der Waals surface area contributed by atoms with E-state index in [0.29, 0.717) is 0 Å². The molecule has 5 atom stereocenters. The van der Waals surface area contributed by atoms with Crippen molar-refractivity contribution in [3.8, 4) is 0 Å². The Labute approximate surface area is 182 Å². The molecule has 5 unspecified atom stereocenters. The number of carbonyl (C=O) groups is 5. The standard InChI is InChI=1S/C18H24ClNO9S/c1-9(21)26-8-13-16(27-10(2)22)17(28-11(3)23)15(18(30-13)29-12(4)24)20-14(25)6-5-7-19/h5-6,13,15-18H,7-8H2,1-4H3,(H,20,25)/b6-5+. The fourth-order valence-corrected chi connectivity index (χ4v) is 4.21. The Morgan fingerprint density at radius 2 is 1.47 bits per heavy atom. The van der Waals surface area contributed by atoms with Gasteiger partial charge in [0.05, 0.1) is 5.25 Å². The van der Waals surface area contributed by atoms with Crippen LogP contribution in [0.4, 0.5) is 0 Å². The van der Waals surface area contributed by atoms with E-state index < -0.39 is 58.7 Å². The average molecular weight is 466 g/mol. The second-order valence-electron chi connectivity index (χ2n) is 6.19. The van der Waals surface area contributed by atoms with E-state index in [1.807, 2.05) is 0 Å². The van der Waals surface area contributed by atoms with Gasteiger partial charge in [0.15, 0.2) is 17.6 Å². The van der Waals surface area contributed by atoms with Crippen LogP contribution in [0.2, 0.25) is 0 Å². The van der Waals surface area contributed by atoms with Gasteiger partial charge in [0.25, 0.3) is 0 Å². The van der Waals surface area contributed by atoms with Crippen LogP contribution in [0.5, 0.6) is 0 Å². The molecule has 12 heteroatoms. The SMILES string of the molecule is CC(=O)OCC1SC(OC(C)=O)C(NC(=O)/C=C/CCl)C(OC(C)=O)C1OC(C)=O. The van der Waals surface area contributed by atoms with Gasteiger partial charge in [-0.25, -0.2) is 0 Å². The van der Waals surface area contributed by atoms with Crippen LogP contribution in [0.1, 0.15) is 27.7 Å². The van der Waals surface area contributed by atoms with Crippen LogP contribution in [0.3, 0.4) is 0 Å². The average Bonchev–Trinajstić information content (AvgIpc) is 2.62. The summed E-state index contributed by atoms with van der Waals surface area (Å²) in [6.45, 7) is 4.47. The minimum absolute atomic E-state index is 0.0914. The summed E-state index contributed by atoms with van der Waals surface area (Å²) in [6.07, 6.45) is 0.247. The molecule has 30 heavy (non-hydrogen) atoms. The maximum absolute atomic E-state index is 12.2. The first-order valence-corrected chi connectivity index (χ1v) is 10.4. The van der Waals surface area contributed by atoms with Crippen molar-refractivity contribution < 1.29 is 42.9 Å². The highest BCUT2D eigenvalue weighted by molar-refractivity contribution is 8.00. The second kappa shape index (κ2) is 12.4. The molecule has 0 radical (unpaired) electrons. The van der Waals surface area contributed by atoms with E-state index in [1.54, 1.807) is 0 Å². The van der Waals surface area contributed by atoms with E-state index in [0.717, 1.165) is 25.6 Å². The van der Waals surface area contributed by atoms with E-state index in [-0.39, 0.29) is 12.5 Å². The number of hydrogen-bond acceptors (Lipinski definition) is 10. The summed E-state index contributed by atoms with van der Waals surface area (Å²) in [5.41, 5.74) is -1.02. The zero-order valence-electron chi connectivity index (χ0n) is 16.9. The largest absolute Gasteiger partial charge is 0.465 e. The number of alkyl halides is 1. The minimum atomic E-state index is -1.22. The summed E-state index contributed by atoms with van der Waals surface area (Å²) in [5, 5.41) is 1.86. The third kappa shape index (κ3) is 8.62. The fraction of sp³-hybridized carbons (Fsp3) is 0.611. The Morgan fingerprint density at radius 1 is 0.900 bits per heavy atom. The summed E-state index contributed by atoms with van der Waals surface area (Å²) in [7, 11) is 0. The lowest BCUT2D eigenvalue weighted by atomic mass is 10.0. The van der Waals surface area contributed by atoms with E-state index in [9.17, 15) is 24.0 Å². The number of rotatable bonds is 8. The monoisotopic (exact) mass is 465 g/mol. The number of amides is 1. The van der Waals surface area contributed by atoms with Crippen LogP contribution >= 0.6 is 23.4 Å². The molecule has 0 saturated carbocycles. The summed E-state index contributed by atoms with van der Waals surface area (Å²) in [5.74, 6) is -3.12. The molecule has 0 aromatic heterocycles. The zero-order valence-corrected chi connectivity index (χ0v) is 18.5. The molecule has 10 nitrogen and oxygen atoms in total. The van der Waals surface area contributed by atoms with Gasteiger partial charge >= 0.3 is 23.9 Å². The van der Waals surface area contributed by atoms with E-state index in [1.165, 1.54) is 26.0 Å². The molecule has 1 fully saturated rings. The fourth-order valence-electron chi connectivity index (χ4n) is 2.68. The van der Waals surface area contributed by atoms with Crippen LogP contribution < -0.4 is 5.32 Å². The molecule has 1 aliphatic heterocycles. The third-order valence-electron chi connectivity index (χ3n) is 3.65. The molecule has 0 aromatic rings. The van der Waals surface area contributed by atoms with Crippen molar-refractivity contribution in [1.29, 1.82) is 0 Å². The maximum atomic E-state index is 12.2. The highest BCUT2D eigenvalue weighted by atomic mass is 35.5. The lowest BCUT2D eigenvalue weighted by Crippen LogP contribution is -2.63. The highest BCUT2D eigenvalue weighted by Gasteiger charge is 2.51. The first-order valence-electron chi connectivity index (χ1n) is 8.88. The molecule has 0 aromatic carbocycles. The molecule has 168 valence electrons. The molecule has 0 bridgehead atoms. The molecule has 1 aliphatic rings. The number of thioether (sulfide) groups is 1. The third-order valence-corrected chi connectivity index (χ3v) is 5.24. The highest BCUT2D eigenvalue weighted by Crippen LogP contribution is 2.37. The van der Waals surface area contributed by atoms with Crippen molar-refractivity contribution in [1.82, 2.24) is 5.32 Å². The smallest absolute Gasteiger partial charge is 0.303 e. The Balaban J connectivity index is 3.33. The van der Waals surface area contributed by atoms with Crippen LogP contribution in [-0.2, 0) is 42.9 Å². The van der Waals surface area contributed by atoms with Gasteiger partial charge in [0.1, 0.15) is 12.6 Å². The summed E-state index contributed by atoms with van der Waals surface area (Å²) in [6, 6.07) is -1.06. The number of esters is 4. The van der Waals surface area contributed by atoms with Crippen molar-refractivity contribution in [3.05, 3.63) is 12.2 Å². The first kappa shape index (κ1) is 25.8. The van der Waals surface area contributed by atoms with Crippen molar-refractivity contribution in [2.45, 2.75) is 56.6 Å². The molecule has 1 saturated heterocycles. The number of hydrogen-bond donors (Lipinski definition) is 1. The Hall–Kier alpha value is -2.27. The zero-order chi connectivity index (χ0) is 22.8. The predicted octanol–water partition coefficient (Wildman–Crippen LogP) is 0.697. The van der Waals surface area contributed by atoms with Gasteiger partial charge in [-0.15, -0.1) is 23.4 Å². The van der Waals surface area contributed by atoms with Gasteiger partial charge < -0.3 is 24.3 Å². The van der Waals surface area contributed by atoms with Crippen molar-refractivity contribution >= 4 is 53.1 Å². The topological polar surface area (TPSA) is 134 Å².